The standard InChI is InChI=1S/C29H30ClN3O4/c1-35-24-16-19(17-25(36-2)29(24)37-3)27(22-18-23(30)21-10-7-11-31-26(21)28(22)34)33-14-12-32(13-15-33)20-8-5-4-6-9-20/h4-11,16-18,27,34H,12-15H2,1-3H3. The van der Waals surface area contributed by atoms with Gasteiger partial charge in [-0.2, -0.15) is 0 Å². The fourth-order valence-corrected chi connectivity index (χ4v) is 5.41. The van der Waals surface area contributed by atoms with Gasteiger partial charge in [0.1, 0.15) is 11.3 Å². The van der Waals surface area contributed by atoms with Crippen molar-refractivity contribution in [3.63, 3.8) is 0 Å². The Bertz CT molecular complexity index is 1370. The van der Waals surface area contributed by atoms with Crippen molar-refractivity contribution < 1.29 is 19.3 Å². The van der Waals surface area contributed by atoms with Gasteiger partial charge in [-0.1, -0.05) is 29.8 Å². The van der Waals surface area contributed by atoms with Crippen molar-refractivity contribution in [1.29, 1.82) is 0 Å². The lowest BCUT2D eigenvalue weighted by atomic mass is 9.93. The average Bonchev–Trinajstić information content (AvgIpc) is 2.96. The van der Waals surface area contributed by atoms with Gasteiger partial charge in [0.2, 0.25) is 5.75 Å². The largest absolute Gasteiger partial charge is 0.505 e. The second-order valence-electron chi connectivity index (χ2n) is 8.92. The van der Waals surface area contributed by atoms with Crippen LogP contribution in [-0.2, 0) is 0 Å². The van der Waals surface area contributed by atoms with E-state index >= 15 is 0 Å². The van der Waals surface area contributed by atoms with E-state index in [2.05, 4.69) is 39.0 Å². The molecule has 37 heavy (non-hydrogen) atoms. The van der Waals surface area contributed by atoms with E-state index in [0.717, 1.165) is 31.7 Å². The van der Waals surface area contributed by atoms with Crippen LogP contribution in [0.15, 0.2) is 66.9 Å². The summed E-state index contributed by atoms with van der Waals surface area (Å²) >= 11 is 6.73. The minimum absolute atomic E-state index is 0.115. The number of para-hydroxylation sites is 1. The lowest BCUT2D eigenvalue weighted by Gasteiger charge is -2.41. The van der Waals surface area contributed by atoms with Gasteiger partial charge in [0.25, 0.3) is 0 Å². The summed E-state index contributed by atoms with van der Waals surface area (Å²) in [6.07, 6.45) is 1.66. The fraction of sp³-hybridized carbons (Fsp3) is 0.276. The summed E-state index contributed by atoms with van der Waals surface area (Å²) in [5.41, 5.74) is 3.25. The van der Waals surface area contributed by atoms with E-state index in [9.17, 15) is 5.11 Å². The molecular weight excluding hydrogens is 490 g/mol. The van der Waals surface area contributed by atoms with Crippen LogP contribution in [0.3, 0.4) is 0 Å². The first-order chi connectivity index (χ1) is 18.0. The number of aromatic hydroxyl groups is 1. The van der Waals surface area contributed by atoms with Gasteiger partial charge >= 0.3 is 0 Å². The van der Waals surface area contributed by atoms with Gasteiger partial charge in [0.15, 0.2) is 11.5 Å². The van der Waals surface area contributed by atoms with Crippen LogP contribution in [0.5, 0.6) is 23.0 Å². The summed E-state index contributed by atoms with van der Waals surface area (Å²) < 4.78 is 16.9. The molecule has 3 aromatic carbocycles. The summed E-state index contributed by atoms with van der Waals surface area (Å²) in [6.45, 7) is 3.22. The Kier molecular flexibility index (Phi) is 7.26. The van der Waals surface area contributed by atoms with E-state index in [-0.39, 0.29) is 11.8 Å². The minimum atomic E-state index is -0.324. The smallest absolute Gasteiger partial charge is 0.203 e. The number of fused-ring (bicyclic) bond motifs is 1. The molecule has 0 radical (unpaired) electrons. The number of pyridine rings is 1. The quantitative estimate of drug-likeness (QED) is 0.344. The highest BCUT2D eigenvalue weighted by Crippen LogP contribution is 2.46. The lowest BCUT2D eigenvalue weighted by molar-refractivity contribution is 0.208. The number of ether oxygens (including phenoxy) is 3. The van der Waals surface area contributed by atoms with E-state index in [1.54, 1.807) is 27.5 Å². The number of hydrogen-bond acceptors (Lipinski definition) is 7. The molecule has 1 aliphatic rings. The predicted octanol–water partition coefficient (Wildman–Crippen LogP) is 5.53. The molecule has 1 atom stereocenters. The molecule has 1 saturated heterocycles. The van der Waals surface area contributed by atoms with Gasteiger partial charge in [0, 0.05) is 49.0 Å². The van der Waals surface area contributed by atoms with E-state index in [0.29, 0.717) is 38.7 Å². The molecule has 1 fully saturated rings. The summed E-state index contributed by atoms with van der Waals surface area (Å²) in [4.78, 5) is 9.16. The summed E-state index contributed by atoms with van der Waals surface area (Å²) in [7, 11) is 4.78. The van der Waals surface area contributed by atoms with Gasteiger partial charge in [0.05, 0.1) is 32.4 Å². The maximum Gasteiger partial charge on any atom is 0.203 e. The number of phenolic OH excluding ortho intramolecular Hbond substituents is 1. The van der Waals surface area contributed by atoms with Crippen molar-refractivity contribution in [3.8, 4) is 23.0 Å². The van der Waals surface area contributed by atoms with Crippen LogP contribution < -0.4 is 19.1 Å². The highest BCUT2D eigenvalue weighted by atomic mass is 35.5. The minimum Gasteiger partial charge on any atom is -0.505 e. The molecule has 0 spiro atoms. The van der Waals surface area contributed by atoms with Crippen molar-refractivity contribution in [2.24, 2.45) is 0 Å². The molecule has 1 unspecified atom stereocenters. The highest BCUT2D eigenvalue weighted by Gasteiger charge is 2.31. The number of anilines is 1. The van der Waals surface area contributed by atoms with Crippen LogP contribution >= 0.6 is 11.6 Å². The third-order valence-corrected chi connectivity index (χ3v) is 7.26. The van der Waals surface area contributed by atoms with Crippen molar-refractivity contribution >= 4 is 28.2 Å². The molecule has 5 rings (SSSR count). The zero-order chi connectivity index (χ0) is 25.9. The number of aromatic nitrogens is 1. The molecule has 1 N–H and O–H groups in total. The maximum absolute atomic E-state index is 11.5. The van der Waals surface area contributed by atoms with Gasteiger partial charge < -0.3 is 24.2 Å². The fourth-order valence-electron chi connectivity index (χ4n) is 5.14. The van der Waals surface area contributed by atoms with Gasteiger partial charge in [-0.3, -0.25) is 9.88 Å². The number of rotatable bonds is 7. The third-order valence-electron chi connectivity index (χ3n) is 6.94. The number of hydrogen-bond donors (Lipinski definition) is 1. The molecule has 7 nitrogen and oxygen atoms in total. The number of benzene rings is 3. The molecule has 0 aliphatic carbocycles. The van der Waals surface area contributed by atoms with E-state index in [4.69, 9.17) is 25.8 Å². The van der Waals surface area contributed by atoms with Crippen LogP contribution in [0.4, 0.5) is 5.69 Å². The lowest BCUT2D eigenvalue weighted by Crippen LogP contribution is -2.48. The van der Waals surface area contributed by atoms with Crippen LogP contribution in [0.1, 0.15) is 17.2 Å². The first kappa shape index (κ1) is 25.0. The molecule has 1 aromatic heterocycles. The molecule has 0 saturated carbocycles. The SMILES string of the molecule is COc1cc(C(c2cc(Cl)c3cccnc3c2O)N2CCN(c3ccccc3)CC2)cc(OC)c1OC. The van der Waals surface area contributed by atoms with Crippen LogP contribution in [0, 0.1) is 0 Å². The molecule has 8 heteroatoms. The average molecular weight is 520 g/mol. The first-order valence-corrected chi connectivity index (χ1v) is 12.5. The number of halogens is 1. The van der Waals surface area contributed by atoms with Crippen LogP contribution in [0.2, 0.25) is 5.02 Å². The van der Waals surface area contributed by atoms with Crippen molar-refractivity contribution in [1.82, 2.24) is 9.88 Å². The van der Waals surface area contributed by atoms with Crippen molar-refractivity contribution in [2.45, 2.75) is 6.04 Å². The Balaban J connectivity index is 1.62. The summed E-state index contributed by atoms with van der Waals surface area (Å²) in [5, 5.41) is 12.7. The predicted molar refractivity (Wildman–Crippen MR) is 147 cm³/mol. The number of nitrogens with zero attached hydrogens (tertiary/aromatic N) is 3. The van der Waals surface area contributed by atoms with Crippen molar-refractivity contribution in [3.05, 3.63) is 83.0 Å². The normalized spacial score (nSPS) is 15.0. The Hall–Kier alpha value is -3.68. The van der Waals surface area contributed by atoms with Gasteiger partial charge in [-0.05, 0) is 48.0 Å². The first-order valence-electron chi connectivity index (χ1n) is 12.2. The van der Waals surface area contributed by atoms with Crippen molar-refractivity contribution in [2.75, 3.05) is 52.4 Å². The van der Waals surface area contributed by atoms with E-state index < -0.39 is 0 Å². The summed E-state index contributed by atoms with van der Waals surface area (Å²) in [6, 6.07) is 19.5. The molecule has 192 valence electrons. The monoisotopic (exact) mass is 519 g/mol. The Labute approximate surface area is 221 Å². The molecule has 1 aliphatic heterocycles. The van der Waals surface area contributed by atoms with E-state index in [1.807, 2.05) is 36.4 Å². The number of phenols is 1. The van der Waals surface area contributed by atoms with Crippen LogP contribution in [0.25, 0.3) is 10.9 Å². The second-order valence-corrected chi connectivity index (χ2v) is 9.32. The molecule has 0 bridgehead atoms. The van der Waals surface area contributed by atoms with Gasteiger partial charge in [-0.15, -0.1) is 0 Å². The number of methoxy groups -OCH3 is 3. The molecular formula is C29H30ClN3O4. The summed E-state index contributed by atoms with van der Waals surface area (Å²) in [5.74, 6) is 1.73. The Morgan fingerprint density at radius 1 is 0.865 bits per heavy atom. The maximum atomic E-state index is 11.5. The number of piperazine rings is 1. The molecule has 0 amide bonds. The van der Waals surface area contributed by atoms with Crippen LogP contribution in [-0.4, -0.2) is 62.5 Å². The second kappa shape index (κ2) is 10.7. The zero-order valence-corrected chi connectivity index (χ0v) is 21.9. The van der Waals surface area contributed by atoms with E-state index in [1.165, 1.54) is 5.69 Å². The third kappa shape index (κ3) is 4.72. The Morgan fingerprint density at radius 3 is 2.16 bits per heavy atom. The molecule has 4 aromatic rings. The topological polar surface area (TPSA) is 67.3 Å². The molecule has 2 heterocycles. The van der Waals surface area contributed by atoms with Gasteiger partial charge in [-0.25, -0.2) is 0 Å². The highest BCUT2D eigenvalue weighted by molar-refractivity contribution is 6.35. The zero-order valence-electron chi connectivity index (χ0n) is 21.1. The Morgan fingerprint density at radius 2 is 1.54 bits per heavy atom.